The summed E-state index contributed by atoms with van der Waals surface area (Å²) in [6.07, 6.45) is 9.99. The summed E-state index contributed by atoms with van der Waals surface area (Å²) < 4.78 is 30.1. The molecule has 0 radical (unpaired) electrons. The second kappa shape index (κ2) is 13.5. The number of aliphatic hydroxyl groups is 1. The van der Waals surface area contributed by atoms with Crippen molar-refractivity contribution < 1.29 is 13.9 Å². The molecule has 1 aromatic carbocycles. The fraction of sp³-hybridized carbons (Fsp3) is 0.625. The second-order valence-corrected chi connectivity index (χ2v) is 11.4. The number of halogens is 2. The molecule has 3 heteroatoms. The van der Waals surface area contributed by atoms with Crippen LogP contribution >= 0.6 is 0 Å². The number of hydrogen-bond donors (Lipinski definition) is 1. The summed E-state index contributed by atoms with van der Waals surface area (Å²) in [5.41, 5.74) is 3.89. The molecule has 0 aromatic heterocycles. The summed E-state index contributed by atoms with van der Waals surface area (Å²) in [7, 11) is 0. The van der Waals surface area contributed by atoms with Gasteiger partial charge in [-0.3, -0.25) is 0 Å². The van der Waals surface area contributed by atoms with E-state index in [1.54, 1.807) is 13.0 Å². The normalized spacial score (nSPS) is 15.9. The first kappa shape index (κ1) is 31.3. The molecule has 2 atom stereocenters. The van der Waals surface area contributed by atoms with Gasteiger partial charge in [0.1, 0.15) is 0 Å². The molecule has 0 saturated heterocycles. The van der Waals surface area contributed by atoms with Crippen LogP contribution in [-0.4, -0.2) is 11.0 Å². The predicted molar refractivity (Wildman–Crippen MR) is 148 cm³/mol. The first-order valence-corrected chi connectivity index (χ1v) is 13.3. The molecule has 0 aliphatic rings. The topological polar surface area (TPSA) is 20.2 Å². The Morgan fingerprint density at radius 2 is 1.71 bits per heavy atom. The number of benzene rings is 1. The van der Waals surface area contributed by atoms with Crippen molar-refractivity contribution in [2.45, 2.75) is 119 Å². The van der Waals surface area contributed by atoms with Crippen LogP contribution in [-0.2, 0) is 18.4 Å². The van der Waals surface area contributed by atoms with Crippen LogP contribution < -0.4 is 0 Å². The molecule has 1 nitrogen and oxygen atoms in total. The monoisotopic (exact) mass is 488 g/mol. The smallest absolute Gasteiger partial charge is 0.277 e. The summed E-state index contributed by atoms with van der Waals surface area (Å²) in [6.45, 7) is 21.2. The van der Waals surface area contributed by atoms with E-state index < -0.39 is 11.5 Å². The Morgan fingerprint density at radius 3 is 2.23 bits per heavy atom. The van der Waals surface area contributed by atoms with E-state index in [1.807, 2.05) is 19.9 Å². The van der Waals surface area contributed by atoms with Crippen molar-refractivity contribution >= 4 is 0 Å². The highest BCUT2D eigenvalue weighted by atomic mass is 19.3. The SMILES string of the molecule is C=C(C)/C=C(\C)CC(O)(c1cc(C)c(CC/C(C)=C\CCC(C)CC)cc1CC(C)C)C(C)(F)F. The maximum atomic E-state index is 15.1. The zero-order valence-electron chi connectivity index (χ0n) is 23.8. The van der Waals surface area contributed by atoms with E-state index in [0.717, 1.165) is 48.8 Å². The molecule has 0 heterocycles. The minimum Gasteiger partial charge on any atom is -0.378 e. The van der Waals surface area contributed by atoms with Gasteiger partial charge in [0.15, 0.2) is 5.60 Å². The lowest BCUT2D eigenvalue weighted by Gasteiger charge is -2.37. The van der Waals surface area contributed by atoms with Crippen molar-refractivity contribution in [1.29, 1.82) is 0 Å². The van der Waals surface area contributed by atoms with E-state index in [0.29, 0.717) is 17.6 Å². The molecule has 198 valence electrons. The summed E-state index contributed by atoms with van der Waals surface area (Å²) >= 11 is 0. The van der Waals surface area contributed by atoms with Gasteiger partial charge in [-0.2, -0.15) is 0 Å². The van der Waals surface area contributed by atoms with Crippen LogP contribution in [0.2, 0.25) is 0 Å². The highest BCUT2D eigenvalue weighted by Gasteiger charge is 2.51. The number of hydrogen-bond acceptors (Lipinski definition) is 1. The lowest BCUT2D eigenvalue weighted by Crippen LogP contribution is -2.44. The minimum absolute atomic E-state index is 0.134. The van der Waals surface area contributed by atoms with Crippen LogP contribution in [0.5, 0.6) is 0 Å². The zero-order chi connectivity index (χ0) is 27.0. The van der Waals surface area contributed by atoms with Gasteiger partial charge in [0, 0.05) is 13.3 Å². The average Bonchev–Trinajstić information content (AvgIpc) is 2.71. The molecule has 0 saturated carbocycles. The molecule has 1 aromatic rings. The number of alkyl halides is 2. The van der Waals surface area contributed by atoms with Crippen LogP contribution in [0, 0.1) is 18.8 Å². The maximum Gasteiger partial charge on any atom is 0.277 e. The van der Waals surface area contributed by atoms with Gasteiger partial charge in [-0.15, -0.1) is 0 Å². The van der Waals surface area contributed by atoms with E-state index in [9.17, 15) is 5.11 Å². The highest BCUT2D eigenvalue weighted by molar-refractivity contribution is 5.43. The van der Waals surface area contributed by atoms with Gasteiger partial charge < -0.3 is 5.11 Å². The van der Waals surface area contributed by atoms with Crippen LogP contribution in [0.4, 0.5) is 8.78 Å². The standard InChI is InChI=1S/C32H50F2O/c1-11-24(6)13-12-14-25(7)15-16-28-20-29(18-23(4)5)30(19-27(28)9)32(35,31(10,33)34)21-26(8)17-22(2)3/h14,17,19-20,23-24,35H,2,11-13,15-16,18,21H2,1,3-10H3/b25-14-,26-17+. The van der Waals surface area contributed by atoms with Crippen molar-refractivity contribution in [1.82, 2.24) is 0 Å². The minimum atomic E-state index is -3.30. The fourth-order valence-corrected chi connectivity index (χ4v) is 4.68. The van der Waals surface area contributed by atoms with Gasteiger partial charge in [0.25, 0.3) is 5.92 Å². The Kier molecular flexibility index (Phi) is 12.1. The molecular weight excluding hydrogens is 438 g/mol. The third-order valence-electron chi connectivity index (χ3n) is 7.03. The molecule has 1 N–H and O–H groups in total. The largest absolute Gasteiger partial charge is 0.378 e. The highest BCUT2D eigenvalue weighted by Crippen LogP contribution is 2.44. The quantitative estimate of drug-likeness (QED) is 0.204. The van der Waals surface area contributed by atoms with Crippen LogP contribution in [0.3, 0.4) is 0 Å². The molecule has 0 amide bonds. The van der Waals surface area contributed by atoms with Crippen molar-refractivity contribution in [2.75, 3.05) is 0 Å². The molecule has 0 bridgehead atoms. The Hall–Kier alpha value is -1.74. The van der Waals surface area contributed by atoms with Gasteiger partial charge >= 0.3 is 0 Å². The molecule has 0 aliphatic heterocycles. The van der Waals surface area contributed by atoms with E-state index in [2.05, 4.69) is 53.3 Å². The molecule has 0 spiro atoms. The molecule has 1 rings (SSSR count). The lowest BCUT2D eigenvalue weighted by atomic mass is 9.77. The number of rotatable bonds is 14. The van der Waals surface area contributed by atoms with E-state index in [-0.39, 0.29) is 12.3 Å². The van der Waals surface area contributed by atoms with Crippen molar-refractivity contribution in [3.05, 3.63) is 69.8 Å². The summed E-state index contributed by atoms with van der Waals surface area (Å²) in [5.74, 6) is -2.27. The van der Waals surface area contributed by atoms with Gasteiger partial charge in [-0.25, -0.2) is 8.78 Å². The fourth-order valence-electron chi connectivity index (χ4n) is 4.68. The number of allylic oxidation sites excluding steroid dienone is 4. The Labute approximate surface area is 214 Å². The molecule has 0 fully saturated rings. The van der Waals surface area contributed by atoms with Gasteiger partial charge in [-0.05, 0) is 93.9 Å². The Morgan fingerprint density at radius 1 is 1.09 bits per heavy atom. The summed E-state index contributed by atoms with van der Waals surface area (Å²) in [5, 5.41) is 11.6. The van der Waals surface area contributed by atoms with Crippen molar-refractivity contribution in [2.24, 2.45) is 11.8 Å². The summed E-state index contributed by atoms with van der Waals surface area (Å²) in [4.78, 5) is 0. The first-order valence-electron chi connectivity index (χ1n) is 13.3. The lowest BCUT2D eigenvalue weighted by molar-refractivity contribution is -0.175. The summed E-state index contributed by atoms with van der Waals surface area (Å²) in [6, 6.07) is 3.89. The van der Waals surface area contributed by atoms with Crippen LogP contribution in [0.15, 0.2) is 47.6 Å². The van der Waals surface area contributed by atoms with Gasteiger partial charge in [-0.1, -0.05) is 81.7 Å². The molecular formula is C32H50F2O. The maximum absolute atomic E-state index is 15.1. The van der Waals surface area contributed by atoms with Crippen molar-refractivity contribution in [3.63, 3.8) is 0 Å². The van der Waals surface area contributed by atoms with Gasteiger partial charge in [0.05, 0.1) is 0 Å². The Balaban J connectivity index is 3.37. The van der Waals surface area contributed by atoms with E-state index >= 15 is 8.78 Å². The van der Waals surface area contributed by atoms with Crippen LogP contribution in [0.25, 0.3) is 0 Å². The average molecular weight is 489 g/mol. The van der Waals surface area contributed by atoms with E-state index in [1.165, 1.54) is 24.0 Å². The van der Waals surface area contributed by atoms with E-state index in [4.69, 9.17) is 0 Å². The second-order valence-electron chi connectivity index (χ2n) is 11.4. The third-order valence-corrected chi connectivity index (χ3v) is 7.03. The third kappa shape index (κ3) is 9.67. The first-order chi connectivity index (χ1) is 16.1. The van der Waals surface area contributed by atoms with Crippen molar-refractivity contribution in [3.8, 4) is 0 Å². The molecule has 2 unspecified atom stereocenters. The zero-order valence-corrected chi connectivity index (χ0v) is 23.8. The Bertz CT molecular complexity index is 901. The molecule has 35 heavy (non-hydrogen) atoms. The number of aryl methyl sites for hydroxylation is 2. The predicted octanol–water partition coefficient (Wildman–Crippen LogP) is 9.65. The van der Waals surface area contributed by atoms with Crippen LogP contribution in [0.1, 0.15) is 110 Å². The van der Waals surface area contributed by atoms with Gasteiger partial charge in [0.2, 0.25) is 0 Å². The molecule has 0 aliphatic carbocycles.